The van der Waals surface area contributed by atoms with Gasteiger partial charge in [0.25, 0.3) is 0 Å². The Hall–Kier alpha value is -2.99. The lowest BCUT2D eigenvalue weighted by Crippen LogP contribution is -2.58. The molecule has 29 heavy (non-hydrogen) atoms. The van der Waals surface area contributed by atoms with Crippen LogP contribution in [-0.2, 0) is 25.6 Å². The minimum atomic E-state index is -1.33. The van der Waals surface area contributed by atoms with Crippen molar-refractivity contribution in [1.82, 2.24) is 25.9 Å². The molecule has 12 heteroatoms. The predicted octanol–water partition coefficient (Wildman–Crippen LogP) is -2.51. The number of hydrogen-bond acceptors (Lipinski definition) is 7. The Bertz CT molecular complexity index is 705. The number of amides is 3. The quantitative estimate of drug-likeness (QED) is 0.206. The maximum absolute atomic E-state index is 12.7. The van der Waals surface area contributed by atoms with Gasteiger partial charge in [-0.25, -0.2) is 9.78 Å². The summed E-state index contributed by atoms with van der Waals surface area (Å²) in [5.41, 5.74) is 5.95. The molecule has 1 aromatic heterocycles. The molecule has 0 aliphatic rings. The van der Waals surface area contributed by atoms with Gasteiger partial charge in [-0.3, -0.25) is 14.4 Å². The number of carbonyl (C=O) groups is 4. The SMILES string of the molecule is CC(N)C(=O)NC(CO)C(=O)NC(Cc1cnc[nH]1)C(=O)NC(C(=O)O)C(C)C. The van der Waals surface area contributed by atoms with E-state index in [4.69, 9.17) is 5.73 Å². The Morgan fingerprint density at radius 2 is 1.66 bits per heavy atom. The van der Waals surface area contributed by atoms with Crippen LogP contribution >= 0.6 is 0 Å². The topological polar surface area (TPSA) is 200 Å². The fourth-order valence-electron chi connectivity index (χ4n) is 2.36. The molecule has 12 nitrogen and oxygen atoms in total. The lowest BCUT2D eigenvalue weighted by molar-refractivity contribution is -0.143. The fourth-order valence-corrected chi connectivity index (χ4v) is 2.36. The third-order valence-electron chi connectivity index (χ3n) is 4.07. The number of nitrogens with one attached hydrogen (secondary N) is 4. The average molecular weight is 412 g/mol. The van der Waals surface area contributed by atoms with Crippen molar-refractivity contribution >= 4 is 23.7 Å². The highest BCUT2D eigenvalue weighted by Crippen LogP contribution is 2.05. The molecule has 0 bridgehead atoms. The number of aromatic amines is 1. The van der Waals surface area contributed by atoms with Crippen LogP contribution < -0.4 is 21.7 Å². The molecule has 1 heterocycles. The molecule has 0 aliphatic carbocycles. The molecule has 1 rings (SSSR count). The number of nitrogens with two attached hydrogens (primary N) is 1. The van der Waals surface area contributed by atoms with Crippen LogP contribution in [0.1, 0.15) is 26.5 Å². The second-order valence-electron chi connectivity index (χ2n) is 6.94. The van der Waals surface area contributed by atoms with Crippen molar-refractivity contribution in [3.63, 3.8) is 0 Å². The van der Waals surface area contributed by atoms with E-state index in [-0.39, 0.29) is 6.42 Å². The van der Waals surface area contributed by atoms with Crippen LogP contribution in [0.5, 0.6) is 0 Å². The number of carbonyl (C=O) groups excluding carboxylic acids is 3. The van der Waals surface area contributed by atoms with Gasteiger partial charge in [0.2, 0.25) is 17.7 Å². The summed E-state index contributed by atoms with van der Waals surface area (Å²) < 4.78 is 0. The maximum Gasteiger partial charge on any atom is 0.326 e. The van der Waals surface area contributed by atoms with Gasteiger partial charge in [0.15, 0.2) is 0 Å². The van der Waals surface area contributed by atoms with Crippen molar-refractivity contribution in [2.45, 2.75) is 51.4 Å². The lowest BCUT2D eigenvalue weighted by Gasteiger charge is -2.25. The summed E-state index contributed by atoms with van der Waals surface area (Å²) in [6, 6.07) is -4.56. The summed E-state index contributed by atoms with van der Waals surface area (Å²) in [7, 11) is 0. The molecule has 0 aliphatic heterocycles. The number of carboxylic acid groups (broad SMARTS) is 1. The Morgan fingerprint density at radius 1 is 1.07 bits per heavy atom. The lowest BCUT2D eigenvalue weighted by atomic mass is 10.0. The minimum absolute atomic E-state index is 0.0125. The van der Waals surface area contributed by atoms with Gasteiger partial charge in [-0.05, 0) is 12.8 Å². The van der Waals surface area contributed by atoms with Crippen LogP contribution in [0.2, 0.25) is 0 Å². The Balaban J connectivity index is 2.96. The van der Waals surface area contributed by atoms with Gasteiger partial charge in [0.05, 0.1) is 19.0 Å². The van der Waals surface area contributed by atoms with Gasteiger partial charge in [-0.2, -0.15) is 0 Å². The number of H-pyrrole nitrogens is 1. The summed E-state index contributed by atoms with van der Waals surface area (Å²) in [5.74, 6) is -3.81. The number of nitrogens with zero attached hydrogens (tertiary/aromatic N) is 1. The summed E-state index contributed by atoms with van der Waals surface area (Å²) in [6.07, 6.45) is 2.83. The molecule has 4 atom stereocenters. The zero-order chi connectivity index (χ0) is 22.1. The van der Waals surface area contributed by atoms with Crippen LogP contribution in [0.4, 0.5) is 0 Å². The molecule has 0 fully saturated rings. The van der Waals surface area contributed by atoms with Crippen molar-refractivity contribution in [3.05, 3.63) is 18.2 Å². The van der Waals surface area contributed by atoms with Gasteiger partial charge in [0, 0.05) is 18.3 Å². The van der Waals surface area contributed by atoms with E-state index in [1.807, 2.05) is 0 Å². The predicted molar refractivity (Wildman–Crippen MR) is 101 cm³/mol. The minimum Gasteiger partial charge on any atom is -0.480 e. The van der Waals surface area contributed by atoms with Crippen LogP contribution in [0.15, 0.2) is 12.5 Å². The van der Waals surface area contributed by atoms with E-state index in [1.54, 1.807) is 13.8 Å². The van der Waals surface area contributed by atoms with E-state index in [9.17, 15) is 29.4 Å². The number of aliphatic hydroxyl groups excluding tert-OH is 1. The number of hydrogen-bond donors (Lipinski definition) is 7. The summed E-state index contributed by atoms with van der Waals surface area (Å²) in [5, 5.41) is 25.8. The summed E-state index contributed by atoms with van der Waals surface area (Å²) >= 11 is 0. The smallest absolute Gasteiger partial charge is 0.326 e. The molecule has 0 saturated heterocycles. The number of aliphatic hydroxyl groups is 1. The average Bonchev–Trinajstić information content (AvgIpc) is 3.15. The molecule has 162 valence electrons. The molecule has 4 unspecified atom stereocenters. The van der Waals surface area contributed by atoms with Crippen molar-refractivity contribution in [2.24, 2.45) is 11.7 Å². The van der Waals surface area contributed by atoms with Gasteiger partial charge < -0.3 is 36.9 Å². The maximum atomic E-state index is 12.7. The van der Waals surface area contributed by atoms with Crippen molar-refractivity contribution in [1.29, 1.82) is 0 Å². The first-order valence-corrected chi connectivity index (χ1v) is 9.04. The highest BCUT2D eigenvalue weighted by atomic mass is 16.4. The standard InChI is InChI=1S/C17H28N6O6/c1-8(2)13(17(28)29)23-15(26)11(4-10-5-19-7-20-10)21-16(27)12(6-24)22-14(25)9(3)18/h5,7-9,11-13,24H,4,6,18H2,1-3H3,(H,19,20)(H,21,27)(H,22,25)(H,23,26)(H,28,29). The monoisotopic (exact) mass is 412 g/mol. The van der Waals surface area contributed by atoms with Gasteiger partial charge in [-0.15, -0.1) is 0 Å². The Kier molecular flexibility index (Phi) is 9.22. The van der Waals surface area contributed by atoms with Gasteiger partial charge >= 0.3 is 5.97 Å². The van der Waals surface area contributed by atoms with Crippen LogP contribution in [0.3, 0.4) is 0 Å². The molecule has 0 aromatic carbocycles. The number of rotatable bonds is 11. The number of aliphatic carboxylic acids is 1. The summed E-state index contributed by atoms with van der Waals surface area (Å²) in [4.78, 5) is 54.8. The molecule has 3 amide bonds. The van der Waals surface area contributed by atoms with Crippen LogP contribution in [0.25, 0.3) is 0 Å². The first-order chi connectivity index (χ1) is 13.6. The highest BCUT2D eigenvalue weighted by molar-refractivity contribution is 5.94. The van der Waals surface area contributed by atoms with E-state index in [2.05, 4.69) is 25.9 Å². The first-order valence-electron chi connectivity index (χ1n) is 9.04. The number of imidazole rings is 1. The van der Waals surface area contributed by atoms with E-state index >= 15 is 0 Å². The van der Waals surface area contributed by atoms with Crippen molar-refractivity contribution < 1.29 is 29.4 Å². The van der Waals surface area contributed by atoms with E-state index in [0.29, 0.717) is 5.69 Å². The third kappa shape index (κ3) is 7.50. The fraction of sp³-hybridized carbons (Fsp3) is 0.588. The van der Waals surface area contributed by atoms with Crippen molar-refractivity contribution in [3.8, 4) is 0 Å². The van der Waals surface area contributed by atoms with Crippen LogP contribution in [-0.4, -0.2) is 74.6 Å². The number of aromatic nitrogens is 2. The zero-order valence-corrected chi connectivity index (χ0v) is 16.5. The second-order valence-corrected chi connectivity index (χ2v) is 6.94. The molecular weight excluding hydrogens is 384 g/mol. The van der Waals surface area contributed by atoms with Gasteiger partial charge in [-0.1, -0.05) is 13.8 Å². The molecule has 0 spiro atoms. The van der Waals surface area contributed by atoms with E-state index in [0.717, 1.165) is 0 Å². The molecule has 8 N–H and O–H groups in total. The Labute approximate surface area is 167 Å². The highest BCUT2D eigenvalue weighted by Gasteiger charge is 2.31. The first kappa shape index (κ1) is 24.0. The normalized spacial score (nSPS) is 15.1. The molecule has 1 aromatic rings. The Morgan fingerprint density at radius 3 is 2.10 bits per heavy atom. The van der Waals surface area contributed by atoms with Gasteiger partial charge in [0.1, 0.15) is 18.1 Å². The number of carboxylic acids is 1. The van der Waals surface area contributed by atoms with E-state index in [1.165, 1.54) is 19.4 Å². The third-order valence-corrected chi connectivity index (χ3v) is 4.07. The zero-order valence-electron chi connectivity index (χ0n) is 16.5. The van der Waals surface area contributed by atoms with Crippen LogP contribution in [0, 0.1) is 5.92 Å². The van der Waals surface area contributed by atoms with E-state index < -0.39 is 60.4 Å². The second kappa shape index (κ2) is 11.1. The van der Waals surface area contributed by atoms with Crippen molar-refractivity contribution in [2.75, 3.05) is 6.61 Å². The molecule has 0 radical (unpaired) electrons. The largest absolute Gasteiger partial charge is 0.480 e. The molecule has 0 saturated carbocycles. The summed E-state index contributed by atoms with van der Waals surface area (Å²) in [6.45, 7) is 3.96. The molecular formula is C17H28N6O6.